The fourth-order valence-electron chi connectivity index (χ4n) is 2.82. The zero-order chi connectivity index (χ0) is 15.8. The van der Waals surface area contributed by atoms with Crippen molar-refractivity contribution >= 4 is 5.69 Å². The highest BCUT2D eigenvalue weighted by molar-refractivity contribution is 5.72. The Kier molecular flexibility index (Phi) is 3.08. The molecule has 1 aliphatic rings. The minimum absolute atomic E-state index is 0.0655. The lowest BCUT2D eigenvalue weighted by molar-refractivity contribution is -0.384. The third kappa shape index (κ3) is 2.24. The first-order chi connectivity index (χ1) is 11.2. The summed E-state index contributed by atoms with van der Waals surface area (Å²) in [4.78, 5) is 10.4. The van der Waals surface area contributed by atoms with E-state index in [0.29, 0.717) is 6.61 Å². The van der Waals surface area contributed by atoms with E-state index in [0.717, 1.165) is 34.7 Å². The first-order valence-electron chi connectivity index (χ1n) is 7.28. The summed E-state index contributed by atoms with van der Waals surface area (Å²) in [6, 6.07) is 14.2. The SMILES string of the molecule is O=[N+]([O-])c1ccc(-n2ncc3c2-c2ccccc2OCC3)cc1. The van der Waals surface area contributed by atoms with Crippen LogP contribution in [0, 0.1) is 10.1 Å². The van der Waals surface area contributed by atoms with E-state index >= 15 is 0 Å². The maximum absolute atomic E-state index is 10.8. The van der Waals surface area contributed by atoms with Crippen LogP contribution in [0.4, 0.5) is 5.69 Å². The van der Waals surface area contributed by atoms with Gasteiger partial charge in [-0.2, -0.15) is 5.10 Å². The van der Waals surface area contributed by atoms with Gasteiger partial charge in [0.2, 0.25) is 0 Å². The Morgan fingerprint density at radius 1 is 1.13 bits per heavy atom. The van der Waals surface area contributed by atoms with E-state index < -0.39 is 4.92 Å². The number of para-hydroxylation sites is 1. The van der Waals surface area contributed by atoms with Gasteiger partial charge in [-0.05, 0) is 24.3 Å². The van der Waals surface area contributed by atoms with Crippen molar-refractivity contribution in [3.63, 3.8) is 0 Å². The smallest absolute Gasteiger partial charge is 0.269 e. The quantitative estimate of drug-likeness (QED) is 0.537. The van der Waals surface area contributed by atoms with Crippen molar-refractivity contribution in [3.05, 3.63) is 70.4 Å². The first-order valence-corrected chi connectivity index (χ1v) is 7.28. The minimum Gasteiger partial charge on any atom is -0.493 e. The van der Waals surface area contributed by atoms with Crippen molar-refractivity contribution in [2.75, 3.05) is 6.61 Å². The molecule has 0 bridgehead atoms. The fraction of sp³-hybridized carbons (Fsp3) is 0.118. The van der Waals surface area contributed by atoms with Gasteiger partial charge < -0.3 is 4.74 Å². The molecule has 1 aromatic heterocycles. The molecule has 6 nitrogen and oxygen atoms in total. The van der Waals surface area contributed by atoms with E-state index in [-0.39, 0.29) is 5.69 Å². The molecule has 0 fully saturated rings. The second-order valence-corrected chi connectivity index (χ2v) is 5.30. The molecule has 0 spiro atoms. The molecular weight excluding hydrogens is 294 g/mol. The Bertz CT molecular complexity index is 884. The number of nitro groups is 1. The number of ether oxygens (including phenoxy) is 1. The third-order valence-corrected chi connectivity index (χ3v) is 3.92. The van der Waals surface area contributed by atoms with Crippen molar-refractivity contribution in [1.82, 2.24) is 9.78 Å². The van der Waals surface area contributed by atoms with Crippen LogP contribution in [0.25, 0.3) is 16.9 Å². The Morgan fingerprint density at radius 3 is 2.70 bits per heavy atom. The normalized spacial score (nSPS) is 12.7. The average Bonchev–Trinajstić information content (AvgIpc) is 2.90. The predicted octanol–water partition coefficient (Wildman–Crippen LogP) is 3.38. The van der Waals surface area contributed by atoms with Gasteiger partial charge in [0.25, 0.3) is 5.69 Å². The summed E-state index contributed by atoms with van der Waals surface area (Å²) in [5, 5.41) is 15.3. The van der Waals surface area contributed by atoms with E-state index in [9.17, 15) is 10.1 Å². The summed E-state index contributed by atoms with van der Waals surface area (Å²) in [5.74, 6) is 0.829. The van der Waals surface area contributed by atoms with Gasteiger partial charge >= 0.3 is 0 Å². The van der Waals surface area contributed by atoms with E-state index in [2.05, 4.69) is 5.10 Å². The van der Waals surface area contributed by atoms with Gasteiger partial charge in [-0.1, -0.05) is 12.1 Å². The molecule has 1 aliphatic heterocycles. The molecule has 0 radical (unpaired) electrons. The highest BCUT2D eigenvalue weighted by atomic mass is 16.6. The monoisotopic (exact) mass is 307 g/mol. The average molecular weight is 307 g/mol. The van der Waals surface area contributed by atoms with Gasteiger partial charge in [0.1, 0.15) is 5.75 Å². The van der Waals surface area contributed by atoms with E-state index in [1.165, 1.54) is 12.1 Å². The lowest BCUT2D eigenvalue weighted by atomic mass is 10.1. The van der Waals surface area contributed by atoms with E-state index in [1.807, 2.05) is 35.1 Å². The Morgan fingerprint density at radius 2 is 1.91 bits per heavy atom. The van der Waals surface area contributed by atoms with Gasteiger partial charge in [-0.3, -0.25) is 10.1 Å². The topological polar surface area (TPSA) is 70.2 Å². The number of hydrogen-bond donors (Lipinski definition) is 0. The Hall–Kier alpha value is -3.15. The summed E-state index contributed by atoms with van der Waals surface area (Å²) < 4.78 is 7.61. The van der Waals surface area contributed by atoms with Crippen molar-refractivity contribution in [2.24, 2.45) is 0 Å². The van der Waals surface area contributed by atoms with Gasteiger partial charge in [-0.25, -0.2) is 4.68 Å². The zero-order valence-electron chi connectivity index (χ0n) is 12.2. The summed E-state index contributed by atoms with van der Waals surface area (Å²) >= 11 is 0. The van der Waals surface area contributed by atoms with Crippen molar-refractivity contribution < 1.29 is 9.66 Å². The highest BCUT2D eigenvalue weighted by Gasteiger charge is 2.21. The molecule has 0 amide bonds. The molecule has 114 valence electrons. The first kappa shape index (κ1) is 13.5. The lowest BCUT2D eigenvalue weighted by Crippen LogP contribution is -2.00. The lowest BCUT2D eigenvalue weighted by Gasteiger charge is -2.10. The molecule has 6 heteroatoms. The number of aromatic nitrogens is 2. The standard InChI is InChI=1S/C17H13N3O3/c21-20(22)14-7-5-13(6-8-14)19-17-12(11-18-19)9-10-23-16-4-2-1-3-15(16)17/h1-8,11H,9-10H2. The van der Waals surface area contributed by atoms with E-state index in [1.54, 1.807) is 12.1 Å². The Labute approximate surface area is 132 Å². The number of fused-ring (bicyclic) bond motifs is 3. The summed E-state index contributed by atoms with van der Waals surface area (Å²) in [6.45, 7) is 0.607. The molecule has 4 rings (SSSR count). The summed E-state index contributed by atoms with van der Waals surface area (Å²) in [7, 11) is 0. The van der Waals surface area contributed by atoms with Crippen molar-refractivity contribution in [2.45, 2.75) is 6.42 Å². The van der Waals surface area contributed by atoms with Gasteiger partial charge in [0, 0.05) is 29.7 Å². The maximum Gasteiger partial charge on any atom is 0.269 e. The predicted molar refractivity (Wildman–Crippen MR) is 84.9 cm³/mol. The number of rotatable bonds is 2. The zero-order valence-corrected chi connectivity index (χ0v) is 12.2. The van der Waals surface area contributed by atoms with Gasteiger partial charge in [0.05, 0.1) is 29.1 Å². The summed E-state index contributed by atoms with van der Waals surface area (Å²) in [6.07, 6.45) is 2.61. The third-order valence-electron chi connectivity index (χ3n) is 3.92. The fourth-order valence-corrected chi connectivity index (χ4v) is 2.82. The largest absolute Gasteiger partial charge is 0.493 e. The molecular formula is C17H13N3O3. The van der Waals surface area contributed by atoms with E-state index in [4.69, 9.17) is 4.74 Å². The van der Waals surface area contributed by atoms with Gasteiger partial charge in [-0.15, -0.1) is 0 Å². The maximum atomic E-state index is 10.8. The van der Waals surface area contributed by atoms with Crippen LogP contribution in [-0.4, -0.2) is 21.3 Å². The second-order valence-electron chi connectivity index (χ2n) is 5.30. The number of nitrogens with zero attached hydrogens (tertiary/aromatic N) is 3. The molecule has 0 atom stereocenters. The van der Waals surface area contributed by atoms with Crippen molar-refractivity contribution in [3.8, 4) is 22.7 Å². The molecule has 0 aliphatic carbocycles. The number of benzene rings is 2. The van der Waals surface area contributed by atoms with Crippen molar-refractivity contribution in [1.29, 1.82) is 0 Å². The van der Waals surface area contributed by atoms with Crippen LogP contribution in [0.15, 0.2) is 54.7 Å². The van der Waals surface area contributed by atoms with Crippen LogP contribution >= 0.6 is 0 Å². The number of hydrogen-bond acceptors (Lipinski definition) is 4. The molecule has 0 N–H and O–H groups in total. The van der Waals surface area contributed by atoms with Crippen LogP contribution in [0.3, 0.4) is 0 Å². The molecule has 0 saturated carbocycles. The molecule has 2 aromatic carbocycles. The number of nitro benzene ring substituents is 1. The van der Waals surface area contributed by atoms with Crippen LogP contribution < -0.4 is 4.74 Å². The number of non-ortho nitro benzene ring substituents is 1. The molecule has 0 unspecified atom stereocenters. The second kappa shape index (κ2) is 5.24. The van der Waals surface area contributed by atoms with Crippen LogP contribution in [-0.2, 0) is 6.42 Å². The molecule has 23 heavy (non-hydrogen) atoms. The Balaban J connectivity index is 1.88. The summed E-state index contributed by atoms with van der Waals surface area (Å²) in [5.41, 5.74) is 3.92. The van der Waals surface area contributed by atoms with Crippen LogP contribution in [0.2, 0.25) is 0 Å². The van der Waals surface area contributed by atoms with Crippen LogP contribution in [0.5, 0.6) is 5.75 Å². The highest BCUT2D eigenvalue weighted by Crippen LogP contribution is 2.36. The van der Waals surface area contributed by atoms with Gasteiger partial charge in [0.15, 0.2) is 0 Å². The molecule has 3 aromatic rings. The molecule has 0 saturated heterocycles. The molecule has 2 heterocycles. The van der Waals surface area contributed by atoms with Crippen LogP contribution in [0.1, 0.15) is 5.56 Å². The minimum atomic E-state index is -0.406.